The SMILES string of the molecule is COc1ccc(CCN)c(OCc2cccnc2)c1. The minimum absolute atomic E-state index is 0.485. The zero-order chi connectivity index (χ0) is 13.5. The third-order valence-electron chi connectivity index (χ3n) is 2.81. The Labute approximate surface area is 113 Å². The fourth-order valence-electron chi connectivity index (χ4n) is 1.80. The summed E-state index contributed by atoms with van der Waals surface area (Å²) >= 11 is 0. The van der Waals surface area contributed by atoms with Gasteiger partial charge in [0.2, 0.25) is 0 Å². The van der Waals surface area contributed by atoms with Gasteiger partial charge in [-0.05, 0) is 30.7 Å². The highest BCUT2D eigenvalue weighted by atomic mass is 16.5. The zero-order valence-electron chi connectivity index (χ0n) is 11.0. The van der Waals surface area contributed by atoms with Gasteiger partial charge in [-0.1, -0.05) is 12.1 Å². The van der Waals surface area contributed by atoms with E-state index in [1.165, 1.54) is 0 Å². The van der Waals surface area contributed by atoms with Crippen LogP contribution in [0, 0.1) is 0 Å². The van der Waals surface area contributed by atoms with Gasteiger partial charge in [0, 0.05) is 24.0 Å². The molecule has 0 amide bonds. The molecule has 0 unspecified atom stereocenters. The van der Waals surface area contributed by atoms with Gasteiger partial charge >= 0.3 is 0 Å². The highest BCUT2D eigenvalue weighted by molar-refractivity contribution is 5.41. The predicted molar refractivity (Wildman–Crippen MR) is 74.3 cm³/mol. The summed E-state index contributed by atoms with van der Waals surface area (Å²) in [4.78, 5) is 4.06. The average Bonchev–Trinajstić information content (AvgIpc) is 2.47. The van der Waals surface area contributed by atoms with Crippen LogP contribution in [-0.4, -0.2) is 18.6 Å². The lowest BCUT2D eigenvalue weighted by Gasteiger charge is -2.12. The standard InChI is InChI=1S/C15H18N2O2/c1-18-14-5-4-13(6-7-16)15(9-14)19-11-12-3-2-8-17-10-12/h2-5,8-10H,6-7,11,16H2,1H3. The third-order valence-corrected chi connectivity index (χ3v) is 2.81. The second-order valence-corrected chi connectivity index (χ2v) is 4.16. The summed E-state index contributed by atoms with van der Waals surface area (Å²) < 4.78 is 11.1. The van der Waals surface area contributed by atoms with Crippen molar-refractivity contribution in [2.24, 2.45) is 5.73 Å². The molecule has 2 rings (SSSR count). The molecule has 0 bridgehead atoms. The molecule has 0 saturated heterocycles. The van der Waals surface area contributed by atoms with Gasteiger partial charge in [-0.15, -0.1) is 0 Å². The zero-order valence-corrected chi connectivity index (χ0v) is 11.0. The van der Waals surface area contributed by atoms with Crippen molar-refractivity contribution in [3.63, 3.8) is 0 Å². The smallest absolute Gasteiger partial charge is 0.126 e. The summed E-state index contributed by atoms with van der Waals surface area (Å²) in [5.74, 6) is 1.59. The van der Waals surface area contributed by atoms with Crippen molar-refractivity contribution in [2.75, 3.05) is 13.7 Å². The van der Waals surface area contributed by atoms with E-state index < -0.39 is 0 Å². The molecule has 100 valence electrons. The molecule has 2 aromatic rings. The first-order valence-electron chi connectivity index (χ1n) is 6.22. The first kappa shape index (κ1) is 13.4. The van der Waals surface area contributed by atoms with Crippen LogP contribution >= 0.6 is 0 Å². The van der Waals surface area contributed by atoms with Crippen molar-refractivity contribution >= 4 is 0 Å². The van der Waals surface area contributed by atoms with Gasteiger partial charge in [-0.3, -0.25) is 4.98 Å². The Hall–Kier alpha value is -2.07. The van der Waals surface area contributed by atoms with Crippen LogP contribution in [0.5, 0.6) is 11.5 Å². The Morgan fingerprint density at radius 3 is 2.84 bits per heavy atom. The molecule has 0 aliphatic carbocycles. The number of benzene rings is 1. The maximum Gasteiger partial charge on any atom is 0.126 e. The molecule has 4 nitrogen and oxygen atoms in total. The molecule has 1 heterocycles. The molecule has 19 heavy (non-hydrogen) atoms. The topological polar surface area (TPSA) is 57.4 Å². The number of ether oxygens (including phenoxy) is 2. The number of nitrogens with zero attached hydrogens (tertiary/aromatic N) is 1. The highest BCUT2D eigenvalue weighted by Gasteiger charge is 2.06. The average molecular weight is 258 g/mol. The van der Waals surface area contributed by atoms with E-state index in [1.807, 2.05) is 30.3 Å². The number of hydrogen-bond donors (Lipinski definition) is 1. The Morgan fingerprint density at radius 2 is 2.16 bits per heavy atom. The van der Waals surface area contributed by atoms with Crippen molar-refractivity contribution in [2.45, 2.75) is 13.0 Å². The van der Waals surface area contributed by atoms with Crippen LogP contribution < -0.4 is 15.2 Å². The first-order valence-corrected chi connectivity index (χ1v) is 6.22. The fraction of sp³-hybridized carbons (Fsp3) is 0.267. The number of methoxy groups -OCH3 is 1. The molecule has 0 atom stereocenters. The molecular formula is C15H18N2O2. The second kappa shape index (κ2) is 6.75. The van der Waals surface area contributed by atoms with Crippen LogP contribution in [0.25, 0.3) is 0 Å². The summed E-state index contributed by atoms with van der Waals surface area (Å²) in [5.41, 5.74) is 7.73. The molecule has 1 aromatic heterocycles. The molecule has 0 radical (unpaired) electrons. The van der Waals surface area contributed by atoms with Crippen LogP contribution in [0.3, 0.4) is 0 Å². The molecule has 2 N–H and O–H groups in total. The fourth-order valence-corrected chi connectivity index (χ4v) is 1.80. The minimum Gasteiger partial charge on any atom is -0.497 e. The maximum absolute atomic E-state index is 5.84. The molecule has 0 aliphatic heterocycles. The first-order chi connectivity index (χ1) is 9.33. The number of rotatable bonds is 6. The largest absolute Gasteiger partial charge is 0.497 e. The molecule has 0 spiro atoms. The van der Waals surface area contributed by atoms with E-state index in [-0.39, 0.29) is 0 Å². The van der Waals surface area contributed by atoms with Crippen molar-refractivity contribution in [3.8, 4) is 11.5 Å². The molecular weight excluding hydrogens is 240 g/mol. The predicted octanol–water partition coefficient (Wildman–Crippen LogP) is 2.17. The lowest BCUT2D eigenvalue weighted by molar-refractivity contribution is 0.300. The van der Waals surface area contributed by atoms with E-state index in [1.54, 1.807) is 19.5 Å². The number of nitrogens with two attached hydrogens (primary N) is 1. The second-order valence-electron chi connectivity index (χ2n) is 4.16. The molecule has 0 saturated carbocycles. The van der Waals surface area contributed by atoms with E-state index in [0.717, 1.165) is 29.0 Å². The van der Waals surface area contributed by atoms with E-state index in [2.05, 4.69) is 4.98 Å². The quantitative estimate of drug-likeness (QED) is 0.862. The Morgan fingerprint density at radius 1 is 1.26 bits per heavy atom. The van der Waals surface area contributed by atoms with E-state index in [4.69, 9.17) is 15.2 Å². The van der Waals surface area contributed by atoms with Crippen molar-refractivity contribution in [3.05, 3.63) is 53.9 Å². The number of hydrogen-bond acceptors (Lipinski definition) is 4. The van der Waals surface area contributed by atoms with Crippen LogP contribution in [0.15, 0.2) is 42.7 Å². The van der Waals surface area contributed by atoms with Gasteiger partial charge < -0.3 is 15.2 Å². The van der Waals surface area contributed by atoms with Crippen LogP contribution in [0.4, 0.5) is 0 Å². The Kier molecular flexibility index (Phi) is 4.75. The van der Waals surface area contributed by atoms with E-state index in [9.17, 15) is 0 Å². The van der Waals surface area contributed by atoms with Crippen LogP contribution in [-0.2, 0) is 13.0 Å². The van der Waals surface area contributed by atoms with Crippen molar-refractivity contribution in [1.82, 2.24) is 4.98 Å². The monoisotopic (exact) mass is 258 g/mol. The van der Waals surface area contributed by atoms with Crippen LogP contribution in [0.1, 0.15) is 11.1 Å². The summed E-state index contributed by atoms with van der Waals surface area (Å²) in [7, 11) is 1.64. The van der Waals surface area contributed by atoms with Crippen LogP contribution in [0.2, 0.25) is 0 Å². The molecule has 1 aromatic carbocycles. The lowest BCUT2D eigenvalue weighted by atomic mass is 10.1. The Balaban J connectivity index is 2.12. The molecule has 0 fully saturated rings. The van der Waals surface area contributed by atoms with E-state index in [0.29, 0.717) is 13.2 Å². The summed E-state index contributed by atoms with van der Waals surface area (Å²) in [6.45, 7) is 1.08. The van der Waals surface area contributed by atoms with Gasteiger partial charge in [-0.25, -0.2) is 0 Å². The molecule has 4 heteroatoms. The number of pyridine rings is 1. The van der Waals surface area contributed by atoms with Crippen molar-refractivity contribution < 1.29 is 9.47 Å². The van der Waals surface area contributed by atoms with Gasteiger partial charge in [0.25, 0.3) is 0 Å². The highest BCUT2D eigenvalue weighted by Crippen LogP contribution is 2.25. The lowest BCUT2D eigenvalue weighted by Crippen LogP contribution is -2.06. The third kappa shape index (κ3) is 3.69. The van der Waals surface area contributed by atoms with E-state index >= 15 is 0 Å². The normalized spacial score (nSPS) is 10.2. The van der Waals surface area contributed by atoms with Gasteiger partial charge in [0.1, 0.15) is 18.1 Å². The summed E-state index contributed by atoms with van der Waals surface area (Å²) in [6, 6.07) is 9.67. The minimum atomic E-state index is 0.485. The molecule has 0 aliphatic rings. The van der Waals surface area contributed by atoms with Crippen molar-refractivity contribution in [1.29, 1.82) is 0 Å². The maximum atomic E-state index is 5.84. The summed E-state index contributed by atoms with van der Waals surface area (Å²) in [5, 5.41) is 0. The Bertz CT molecular complexity index is 515. The summed E-state index contributed by atoms with van der Waals surface area (Å²) in [6.07, 6.45) is 4.32. The number of aromatic nitrogens is 1. The van der Waals surface area contributed by atoms with Gasteiger partial charge in [0.15, 0.2) is 0 Å². The van der Waals surface area contributed by atoms with Gasteiger partial charge in [0.05, 0.1) is 7.11 Å². The van der Waals surface area contributed by atoms with Gasteiger partial charge in [-0.2, -0.15) is 0 Å².